The Morgan fingerprint density at radius 3 is 2.70 bits per heavy atom. The molecule has 1 N–H and O–H groups in total. The third-order valence-electron chi connectivity index (χ3n) is 3.63. The van der Waals surface area contributed by atoms with Crippen LogP contribution in [-0.4, -0.2) is 28.3 Å². The normalized spacial score (nSPS) is 10.4. The second kappa shape index (κ2) is 8.13. The van der Waals surface area contributed by atoms with Crippen LogP contribution in [0.5, 0.6) is 0 Å². The summed E-state index contributed by atoms with van der Waals surface area (Å²) < 4.78 is 11.3. The van der Waals surface area contributed by atoms with E-state index in [0.29, 0.717) is 17.1 Å². The number of carbonyl (C=O) groups is 2. The first-order chi connectivity index (χ1) is 13.1. The van der Waals surface area contributed by atoms with Gasteiger partial charge in [-0.05, 0) is 37.3 Å². The van der Waals surface area contributed by atoms with Gasteiger partial charge >= 0.3 is 5.97 Å². The number of furan rings is 1. The minimum absolute atomic E-state index is 0.222. The monoisotopic (exact) mass is 367 g/mol. The van der Waals surface area contributed by atoms with Crippen molar-refractivity contribution in [3.8, 4) is 11.5 Å². The van der Waals surface area contributed by atoms with E-state index >= 15 is 0 Å². The van der Waals surface area contributed by atoms with Crippen LogP contribution in [0.25, 0.3) is 11.5 Å². The van der Waals surface area contributed by atoms with Gasteiger partial charge in [-0.25, -0.2) is 9.48 Å². The predicted molar refractivity (Wildman–Crippen MR) is 97.2 cm³/mol. The molecule has 2 aromatic heterocycles. The van der Waals surface area contributed by atoms with Crippen LogP contribution in [0.4, 0.5) is 5.69 Å². The lowest BCUT2D eigenvalue weighted by Gasteiger charge is -2.11. The van der Waals surface area contributed by atoms with Crippen LogP contribution >= 0.6 is 0 Å². The molecule has 0 spiro atoms. The molecule has 0 atom stereocenters. The zero-order valence-electron chi connectivity index (χ0n) is 14.5. The molecule has 0 unspecified atom stereocenters. The number of aromatic nitrogens is 2. The summed E-state index contributed by atoms with van der Waals surface area (Å²) in [5, 5.41) is 6.76. The van der Waals surface area contributed by atoms with Crippen molar-refractivity contribution in [3.63, 3.8) is 0 Å². The van der Waals surface area contributed by atoms with Crippen LogP contribution in [0.3, 0.4) is 0 Å². The maximum absolute atomic E-state index is 12.4. The fourth-order valence-corrected chi connectivity index (χ4v) is 2.42. The molecule has 1 aromatic carbocycles. The van der Waals surface area contributed by atoms with E-state index in [1.54, 1.807) is 43.3 Å². The number of anilines is 1. The number of para-hydroxylation sites is 1. The average molecular weight is 367 g/mol. The van der Waals surface area contributed by atoms with Gasteiger partial charge in [0.2, 0.25) is 5.91 Å². The zero-order chi connectivity index (χ0) is 19.2. The van der Waals surface area contributed by atoms with Crippen molar-refractivity contribution >= 4 is 17.6 Å². The smallest absolute Gasteiger partial charge is 0.340 e. The van der Waals surface area contributed by atoms with E-state index in [1.807, 2.05) is 0 Å². The number of hydrogen-bond donors (Lipinski definition) is 1. The van der Waals surface area contributed by atoms with E-state index in [1.165, 1.54) is 18.4 Å². The SMILES string of the molecule is CCOC(=O)c1ccccc1NC(=O)Cn1nc(-c2ccco2)ccc1=O. The summed E-state index contributed by atoms with van der Waals surface area (Å²) in [6, 6.07) is 12.7. The molecule has 0 aliphatic heterocycles. The number of benzene rings is 1. The highest BCUT2D eigenvalue weighted by molar-refractivity contribution is 6.01. The third kappa shape index (κ3) is 4.30. The topological polar surface area (TPSA) is 103 Å². The van der Waals surface area contributed by atoms with Gasteiger partial charge in [-0.3, -0.25) is 9.59 Å². The molecule has 0 radical (unpaired) electrons. The highest BCUT2D eigenvalue weighted by Gasteiger charge is 2.15. The highest BCUT2D eigenvalue weighted by atomic mass is 16.5. The van der Waals surface area contributed by atoms with Crippen LogP contribution in [0.2, 0.25) is 0 Å². The molecule has 2 heterocycles. The second-order valence-electron chi connectivity index (χ2n) is 5.51. The number of esters is 1. The van der Waals surface area contributed by atoms with Crippen molar-refractivity contribution in [2.75, 3.05) is 11.9 Å². The van der Waals surface area contributed by atoms with Gasteiger partial charge in [-0.1, -0.05) is 12.1 Å². The fourth-order valence-electron chi connectivity index (χ4n) is 2.42. The Morgan fingerprint density at radius 2 is 1.96 bits per heavy atom. The summed E-state index contributed by atoms with van der Waals surface area (Å²) in [6.07, 6.45) is 1.49. The quantitative estimate of drug-likeness (QED) is 0.671. The molecular formula is C19H17N3O5. The predicted octanol–water partition coefficient (Wildman–Crippen LogP) is 2.32. The number of hydrogen-bond acceptors (Lipinski definition) is 6. The first-order valence-electron chi connectivity index (χ1n) is 8.26. The summed E-state index contributed by atoms with van der Waals surface area (Å²) in [4.78, 5) is 36.4. The summed E-state index contributed by atoms with van der Waals surface area (Å²) in [7, 11) is 0. The van der Waals surface area contributed by atoms with Gasteiger partial charge in [-0.2, -0.15) is 5.10 Å². The molecule has 0 fully saturated rings. The van der Waals surface area contributed by atoms with Crippen molar-refractivity contribution in [1.82, 2.24) is 9.78 Å². The lowest BCUT2D eigenvalue weighted by molar-refractivity contribution is -0.117. The third-order valence-corrected chi connectivity index (χ3v) is 3.63. The van der Waals surface area contributed by atoms with Gasteiger partial charge in [0.1, 0.15) is 12.2 Å². The summed E-state index contributed by atoms with van der Waals surface area (Å²) in [5.74, 6) is -0.557. The number of rotatable bonds is 6. The zero-order valence-corrected chi connectivity index (χ0v) is 14.5. The fraction of sp³-hybridized carbons (Fsp3) is 0.158. The molecule has 3 aromatic rings. The van der Waals surface area contributed by atoms with Crippen molar-refractivity contribution in [3.05, 3.63) is 70.7 Å². The minimum Gasteiger partial charge on any atom is -0.463 e. The largest absolute Gasteiger partial charge is 0.463 e. The van der Waals surface area contributed by atoms with Gasteiger partial charge in [0.05, 0.1) is 24.1 Å². The van der Waals surface area contributed by atoms with Crippen LogP contribution in [0.15, 0.2) is 64.0 Å². The van der Waals surface area contributed by atoms with Crippen molar-refractivity contribution < 1.29 is 18.7 Å². The standard InChI is InChI=1S/C19H17N3O5/c1-2-26-19(25)13-6-3-4-7-14(13)20-17(23)12-22-18(24)10-9-15(21-22)16-8-5-11-27-16/h3-11H,2,12H2,1H3,(H,20,23). The van der Waals surface area contributed by atoms with Crippen molar-refractivity contribution in [2.24, 2.45) is 0 Å². The van der Waals surface area contributed by atoms with E-state index in [-0.39, 0.29) is 18.7 Å². The molecule has 0 saturated carbocycles. The maximum atomic E-state index is 12.4. The Balaban J connectivity index is 1.78. The molecule has 0 aliphatic carbocycles. The molecule has 8 nitrogen and oxygen atoms in total. The Kier molecular flexibility index (Phi) is 5.46. The van der Waals surface area contributed by atoms with Crippen LogP contribution in [-0.2, 0) is 16.1 Å². The number of carbonyl (C=O) groups excluding carboxylic acids is 2. The molecule has 3 rings (SSSR count). The van der Waals surface area contributed by atoms with Crippen LogP contribution in [0.1, 0.15) is 17.3 Å². The number of ether oxygens (including phenoxy) is 1. The lowest BCUT2D eigenvalue weighted by Crippen LogP contribution is -2.29. The highest BCUT2D eigenvalue weighted by Crippen LogP contribution is 2.17. The first kappa shape index (κ1) is 18.1. The summed E-state index contributed by atoms with van der Waals surface area (Å²) in [5.41, 5.74) is 0.534. The summed E-state index contributed by atoms with van der Waals surface area (Å²) >= 11 is 0. The van der Waals surface area contributed by atoms with E-state index in [0.717, 1.165) is 4.68 Å². The molecule has 0 bridgehead atoms. The second-order valence-corrected chi connectivity index (χ2v) is 5.51. The van der Waals surface area contributed by atoms with Gasteiger partial charge in [-0.15, -0.1) is 0 Å². The Bertz CT molecular complexity index is 1010. The molecule has 138 valence electrons. The Morgan fingerprint density at radius 1 is 1.15 bits per heavy atom. The van der Waals surface area contributed by atoms with Gasteiger partial charge in [0, 0.05) is 6.07 Å². The number of nitrogens with zero attached hydrogens (tertiary/aromatic N) is 2. The van der Waals surface area contributed by atoms with Crippen LogP contribution < -0.4 is 10.9 Å². The van der Waals surface area contributed by atoms with E-state index in [4.69, 9.17) is 9.15 Å². The molecule has 8 heteroatoms. The molecule has 0 saturated heterocycles. The van der Waals surface area contributed by atoms with Crippen molar-refractivity contribution in [1.29, 1.82) is 0 Å². The summed E-state index contributed by atoms with van der Waals surface area (Å²) in [6.45, 7) is 1.60. The van der Waals surface area contributed by atoms with E-state index < -0.39 is 17.4 Å². The molecule has 0 aliphatic rings. The molecule has 27 heavy (non-hydrogen) atoms. The number of amides is 1. The van der Waals surface area contributed by atoms with Crippen molar-refractivity contribution in [2.45, 2.75) is 13.5 Å². The van der Waals surface area contributed by atoms with E-state index in [2.05, 4.69) is 10.4 Å². The average Bonchev–Trinajstić information content (AvgIpc) is 3.19. The van der Waals surface area contributed by atoms with Gasteiger partial charge < -0.3 is 14.5 Å². The van der Waals surface area contributed by atoms with Crippen LogP contribution in [0, 0.1) is 0 Å². The maximum Gasteiger partial charge on any atom is 0.340 e. The molecule has 1 amide bonds. The minimum atomic E-state index is -0.538. The lowest BCUT2D eigenvalue weighted by atomic mass is 10.2. The first-order valence-corrected chi connectivity index (χ1v) is 8.26. The number of nitrogens with one attached hydrogen (secondary N) is 1. The Hall–Kier alpha value is -3.68. The van der Waals surface area contributed by atoms with E-state index in [9.17, 15) is 14.4 Å². The van der Waals surface area contributed by atoms with Gasteiger partial charge in [0.25, 0.3) is 5.56 Å². The molecular weight excluding hydrogens is 350 g/mol. The van der Waals surface area contributed by atoms with Gasteiger partial charge in [0.15, 0.2) is 5.76 Å². The Labute approximate surface area is 154 Å².